The zero-order valence-corrected chi connectivity index (χ0v) is 13.4. The second-order valence-corrected chi connectivity index (χ2v) is 7.63. The van der Waals surface area contributed by atoms with Crippen LogP contribution in [0.25, 0.3) is 0 Å². The Hall–Kier alpha value is -1.55. The highest BCUT2D eigenvalue weighted by Gasteiger charge is 2.19. The molecule has 0 spiro atoms. The molecule has 110 valence electrons. The van der Waals surface area contributed by atoms with Gasteiger partial charge in [0.15, 0.2) is 16.6 Å². The number of rotatable bonds is 2. The molecule has 0 aliphatic carbocycles. The fourth-order valence-corrected chi connectivity index (χ4v) is 3.47. The van der Waals surface area contributed by atoms with Crippen LogP contribution in [0.1, 0.15) is 12.5 Å². The molecule has 0 fully saturated rings. The highest BCUT2D eigenvalue weighted by atomic mass is 32.2. The standard InChI is InChI=1S/C9H11B.C8H10O2S/c1-10-7-6-8-4-2-3-5-9(8)10;1-2-11(9,10)8-6-4-3-5-7-8/h2-5H,6-7H2,1H3;3-7H,2H2,1H3. The monoisotopic (exact) mass is 300 g/mol. The minimum atomic E-state index is -3.00. The summed E-state index contributed by atoms with van der Waals surface area (Å²) >= 11 is 0. The normalized spacial score (nSPS) is 13.3. The molecule has 2 nitrogen and oxygen atoms in total. The summed E-state index contributed by atoms with van der Waals surface area (Å²) in [5, 5.41) is 0. The third-order valence-corrected chi connectivity index (χ3v) is 5.67. The Labute approximate surface area is 128 Å². The summed E-state index contributed by atoms with van der Waals surface area (Å²) in [6.07, 6.45) is 2.64. The van der Waals surface area contributed by atoms with Crippen LogP contribution in [-0.4, -0.2) is 20.9 Å². The lowest BCUT2D eigenvalue weighted by Crippen LogP contribution is -2.21. The maximum atomic E-state index is 11.2. The quantitative estimate of drug-likeness (QED) is 0.799. The number of sulfone groups is 1. The lowest BCUT2D eigenvalue weighted by molar-refractivity contribution is 0.597. The maximum absolute atomic E-state index is 11.2. The Morgan fingerprint density at radius 2 is 1.62 bits per heavy atom. The van der Waals surface area contributed by atoms with Crippen molar-refractivity contribution >= 4 is 22.0 Å². The molecule has 3 rings (SSSR count). The van der Waals surface area contributed by atoms with Crippen molar-refractivity contribution in [3.8, 4) is 0 Å². The molecule has 0 N–H and O–H groups in total. The van der Waals surface area contributed by atoms with Gasteiger partial charge in [0.05, 0.1) is 10.6 Å². The number of benzene rings is 2. The first-order valence-electron chi connectivity index (χ1n) is 7.40. The molecule has 21 heavy (non-hydrogen) atoms. The van der Waals surface area contributed by atoms with E-state index in [1.807, 2.05) is 0 Å². The van der Waals surface area contributed by atoms with Gasteiger partial charge in [-0.3, -0.25) is 0 Å². The van der Waals surface area contributed by atoms with E-state index in [4.69, 9.17) is 0 Å². The zero-order valence-electron chi connectivity index (χ0n) is 12.6. The molecule has 0 unspecified atom stereocenters. The smallest absolute Gasteiger partial charge is 0.178 e. The van der Waals surface area contributed by atoms with Crippen LogP contribution in [0.2, 0.25) is 13.1 Å². The molecule has 0 radical (unpaired) electrons. The van der Waals surface area contributed by atoms with E-state index in [1.165, 1.54) is 12.7 Å². The van der Waals surface area contributed by atoms with Crippen molar-refractivity contribution < 1.29 is 8.42 Å². The molecule has 0 saturated carbocycles. The van der Waals surface area contributed by atoms with Gasteiger partial charge in [0.1, 0.15) is 0 Å². The molecular weight excluding hydrogens is 279 g/mol. The average Bonchev–Trinajstić information content (AvgIpc) is 2.91. The van der Waals surface area contributed by atoms with Gasteiger partial charge in [-0.2, -0.15) is 0 Å². The van der Waals surface area contributed by atoms with Crippen LogP contribution in [0.4, 0.5) is 0 Å². The van der Waals surface area contributed by atoms with Crippen molar-refractivity contribution in [2.75, 3.05) is 5.75 Å². The first kappa shape index (κ1) is 15.8. The minimum absolute atomic E-state index is 0.164. The second-order valence-electron chi connectivity index (χ2n) is 5.36. The Bertz CT molecular complexity index is 681. The molecular formula is C17H21BO2S. The molecule has 0 saturated heterocycles. The second kappa shape index (κ2) is 6.94. The van der Waals surface area contributed by atoms with Gasteiger partial charge in [-0.05, 0) is 18.6 Å². The maximum Gasteiger partial charge on any atom is 0.178 e. The van der Waals surface area contributed by atoms with Gasteiger partial charge in [-0.1, -0.05) is 73.6 Å². The minimum Gasteiger partial charge on any atom is -0.224 e. The summed E-state index contributed by atoms with van der Waals surface area (Å²) in [4.78, 5) is 0.405. The van der Waals surface area contributed by atoms with Crippen LogP contribution in [0.15, 0.2) is 59.5 Å². The van der Waals surface area contributed by atoms with Gasteiger partial charge in [0.25, 0.3) is 0 Å². The number of fused-ring (bicyclic) bond motifs is 1. The van der Waals surface area contributed by atoms with Crippen LogP contribution in [0.5, 0.6) is 0 Å². The van der Waals surface area contributed by atoms with Crippen molar-refractivity contribution in [1.29, 1.82) is 0 Å². The fraction of sp³-hybridized carbons (Fsp3) is 0.294. The molecule has 1 aliphatic rings. The lowest BCUT2D eigenvalue weighted by atomic mass is 9.48. The highest BCUT2D eigenvalue weighted by Crippen LogP contribution is 2.13. The van der Waals surface area contributed by atoms with Gasteiger partial charge in [0, 0.05) is 0 Å². The number of aryl methyl sites for hydroxylation is 1. The summed E-state index contributed by atoms with van der Waals surface area (Å²) in [6.45, 7) is 4.75. The largest absolute Gasteiger partial charge is 0.224 e. The van der Waals surface area contributed by atoms with E-state index in [1.54, 1.807) is 48.3 Å². The predicted octanol–water partition coefficient (Wildman–Crippen LogP) is 3.05. The van der Waals surface area contributed by atoms with Crippen molar-refractivity contribution in [3.05, 3.63) is 60.2 Å². The van der Waals surface area contributed by atoms with Crippen molar-refractivity contribution in [3.63, 3.8) is 0 Å². The summed E-state index contributed by atoms with van der Waals surface area (Å²) in [6, 6.07) is 17.3. The van der Waals surface area contributed by atoms with Crippen molar-refractivity contribution in [2.24, 2.45) is 0 Å². The first-order chi connectivity index (χ1) is 10.0. The lowest BCUT2D eigenvalue weighted by Gasteiger charge is -1.98. The van der Waals surface area contributed by atoms with E-state index < -0.39 is 9.84 Å². The molecule has 0 aromatic heterocycles. The Balaban J connectivity index is 0.000000154. The Morgan fingerprint density at radius 3 is 2.24 bits per heavy atom. The molecule has 4 heteroatoms. The molecule has 2 aromatic rings. The summed E-state index contributed by atoms with van der Waals surface area (Å²) in [7, 11) is -3.00. The Morgan fingerprint density at radius 1 is 1.00 bits per heavy atom. The fourth-order valence-electron chi connectivity index (χ4n) is 2.56. The topological polar surface area (TPSA) is 34.1 Å². The Kier molecular flexibility index (Phi) is 5.24. The summed E-state index contributed by atoms with van der Waals surface area (Å²) in [5.41, 5.74) is 3.14. The summed E-state index contributed by atoms with van der Waals surface area (Å²) < 4.78 is 22.4. The average molecular weight is 300 g/mol. The van der Waals surface area contributed by atoms with Gasteiger partial charge in [0.2, 0.25) is 0 Å². The molecule has 0 amide bonds. The van der Waals surface area contributed by atoms with Gasteiger partial charge < -0.3 is 0 Å². The van der Waals surface area contributed by atoms with Gasteiger partial charge in [-0.15, -0.1) is 0 Å². The molecule has 2 aromatic carbocycles. The van der Waals surface area contributed by atoms with Crippen molar-refractivity contribution in [1.82, 2.24) is 0 Å². The SMILES string of the molecule is CB1CCc2ccccc21.CCS(=O)(=O)c1ccccc1. The van der Waals surface area contributed by atoms with Crippen molar-refractivity contribution in [2.45, 2.75) is 31.4 Å². The van der Waals surface area contributed by atoms with E-state index in [0.29, 0.717) is 4.90 Å². The molecule has 0 atom stereocenters. The predicted molar refractivity (Wildman–Crippen MR) is 90.4 cm³/mol. The van der Waals surface area contributed by atoms with E-state index in [-0.39, 0.29) is 5.75 Å². The van der Waals surface area contributed by atoms with Crippen LogP contribution in [0, 0.1) is 0 Å². The van der Waals surface area contributed by atoms with Gasteiger partial charge >= 0.3 is 0 Å². The molecule has 0 bridgehead atoms. The van der Waals surface area contributed by atoms with Crippen LogP contribution >= 0.6 is 0 Å². The first-order valence-corrected chi connectivity index (χ1v) is 9.05. The van der Waals surface area contributed by atoms with E-state index in [0.717, 1.165) is 6.71 Å². The summed E-state index contributed by atoms with van der Waals surface area (Å²) in [5.74, 6) is 0.164. The third-order valence-electron chi connectivity index (χ3n) is 3.92. The highest BCUT2D eigenvalue weighted by molar-refractivity contribution is 7.91. The molecule has 1 heterocycles. The van der Waals surface area contributed by atoms with E-state index in [9.17, 15) is 8.42 Å². The zero-order chi connectivity index (χ0) is 15.3. The number of hydrogen-bond donors (Lipinski definition) is 0. The van der Waals surface area contributed by atoms with Gasteiger partial charge in [-0.25, -0.2) is 8.42 Å². The van der Waals surface area contributed by atoms with Crippen LogP contribution in [-0.2, 0) is 16.3 Å². The molecule has 1 aliphatic heterocycles. The van der Waals surface area contributed by atoms with E-state index >= 15 is 0 Å². The third kappa shape index (κ3) is 3.98. The number of hydrogen-bond acceptors (Lipinski definition) is 2. The van der Waals surface area contributed by atoms with Crippen LogP contribution in [0.3, 0.4) is 0 Å². The van der Waals surface area contributed by atoms with Crippen LogP contribution < -0.4 is 5.46 Å². The van der Waals surface area contributed by atoms with E-state index in [2.05, 4.69) is 31.1 Å².